The van der Waals surface area contributed by atoms with E-state index in [9.17, 15) is 9.59 Å². The van der Waals surface area contributed by atoms with E-state index in [1.54, 1.807) is 0 Å². The highest BCUT2D eigenvalue weighted by atomic mass is 16.5. The molecule has 0 spiro atoms. The van der Waals surface area contributed by atoms with Crippen LogP contribution in [0.25, 0.3) is 0 Å². The van der Waals surface area contributed by atoms with Gasteiger partial charge in [0.05, 0.1) is 12.7 Å². The van der Waals surface area contributed by atoms with Crippen molar-refractivity contribution in [3.05, 3.63) is 58.4 Å². The first-order valence-electron chi connectivity index (χ1n) is 8.21. The van der Waals surface area contributed by atoms with E-state index in [0.717, 1.165) is 23.4 Å². The molecule has 4 nitrogen and oxygen atoms in total. The zero-order chi connectivity index (χ0) is 17.5. The van der Waals surface area contributed by atoms with Crippen LogP contribution in [-0.2, 0) is 14.3 Å². The van der Waals surface area contributed by atoms with Gasteiger partial charge in [-0.2, -0.15) is 0 Å². The number of ether oxygens (including phenoxy) is 1. The molecule has 24 heavy (non-hydrogen) atoms. The van der Waals surface area contributed by atoms with Crippen molar-refractivity contribution in [1.29, 1.82) is 0 Å². The summed E-state index contributed by atoms with van der Waals surface area (Å²) in [5, 5.41) is 3.31. The van der Waals surface area contributed by atoms with Gasteiger partial charge in [-0.15, -0.1) is 0 Å². The minimum Gasteiger partial charge on any atom is -0.466 e. The highest BCUT2D eigenvalue weighted by molar-refractivity contribution is 6.04. The summed E-state index contributed by atoms with van der Waals surface area (Å²) < 4.78 is 5.00. The van der Waals surface area contributed by atoms with Crippen LogP contribution in [0.15, 0.2) is 52.9 Å². The predicted octanol–water partition coefficient (Wildman–Crippen LogP) is 3.46. The molecule has 1 heterocycles. The van der Waals surface area contributed by atoms with Gasteiger partial charge >= 0.3 is 5.97 Å². The van der Waals surface area contributed by atoms with Crippen LogP contribution in [0.5, 0.6) is 0 Å². The fourth-order valence-electron chi connectivity index (χ4n) is 3.80. The van der Waals surface area contributed by atoms with Gasteiger partial charge in [-0.3, -0.25) is 4.79 Å². The van der Waals surface area contributed by atoms with Crippen molar-refractivity contribution >= 4 is 11.8 Å². The highest BCUT2D eigenvalue weighted by Crippen LogP contribution is 2.46. The van der Waals surface area contributed by atoms with Crippen LogP contribution >= 0.6 is 0 Å². The zero-order valence-electron chi connectivity index (χ0n) is 14.6. The maximum atomic E-state index is 12.9. The second kappa shape index (κ2) is 5.93. The number of Topliss-reactive ketones (excluding diaryl/α,β-unsaturated/α-hetero) is 1. The number of hydrogen-bond acceptors (Lipinski definition) is 4. The number of rotatable bonds is 2. The van der Waals surface area contributed by atoms with Crippen LogP contribution in [0, 0.1) is 5.41 Å². The Hall–Kier alpha value is -2.36. The summed E-state index contributed by atoms with van der Waals surface area (Å²) in [4.78, 5) is 25.3. The van der Waals surface area contributed by atoms with Crippen LogP contribution in [0.4, 0.5) is 0 Å². The number of benzene rings is 1. The third kappa shape index (κ3) is 2.77. The van der Waals surface area contributed by atoms with E-state index >= 15 is 0 Å². The smallest absolute Gasteiger partial charge is 0.336 e. The maximum absolute atomic E-state index is 12.9. The fraction of sp³-hybridized carbons (Fsp3) is 0.400. The van der Waals surface area contributed by atoms with Gasteiger partial charge in [0, 0.05) is 29.3 Å². The van der Waals surface area contributed by atoms with Crippen molar-refractivity contribution < 1.29 is 14.3 Å². The predicted molar refractivity (Wildman–Crippen MR) is 92.1 cm³/mol. The van der Waals surface area contributed by atoms with Crippen molar-refractivity contribution in [2.45, 2.75) is 39.5 Å². The van der Waals surface area contributed by atoms with Crippen LogP contribution in [0.2, 0.25) is 0 Å². The maximum Gasteiger partial charge on any atom is 0.336 e. The van der Waals surface area contributed by atoms with Gasteiger partial charge in [-0.05, 0) is 24.3 Å². The SMILES string of the molecule is COC(=O)C1=C(C)NC2=C(C(=O)CC(C)(C)C2)[C@@H]1c1ccccc1. The molecular formula is C20H23NO3. The summed E-state index contributed by atoms with van der Waals surface area (Å²) in [5.41, 5.74) is 3.81. The highest BCUT2D eigenvalue weighted by Gasteiger charge is 2.42. The van der Waals surface area contributed by atoms with E-state index in [2.05, 4.69) is 19.2 Å². The van der Waals surface area contributed by atoms with E-state index in [1.165, 1.54) is 7.11 Å². The Labute approximate surface area is 142 Å². The van der Waals surface area contributed by atoms with Gasteiger partial charge < -0.3 is 10.1 Å². The minimum atomic E-state index is -0.391. The van der Waals surface area contributed by atoms with Crippen molar-refractivity contribution in [2.24, 2.45) is 5.41 Å². The Morgan fingerprint density at radius 2 is 1.88 bits per heavy atom. The van der Waals surface area contributed by atoms with Gasteiger partial charge in [-0.25, -0.2) is 4.79 Å². The van der Waals surface area contributed by atoms with E-state index in [0.29, 0.717) is 17.6 Å². The number of carbonyl (C=O) groups excluding carboxylic acids is 2. The molecule has 4 heteroatoms. The molecule has 1 aromatic carbocycles. The van der Waals surface area contributed by atoms with Gasteiger partial charge in [0.15, 0.2) is 5.78 Å². The van der Waals surface area contributed by atoms with Crippen LogP contribution in [0.3, 0.4) is 0 Å². The van der Waals surface area contributed by atoms with E-state index < -0.39 is 5.97 Å². The number of nitrogens with one attached hydrogen (secondary N) is 1. The Kier molecular flexibility index (Phi) is 4.08. The molecule has 0 aromatic heterocycles. The molecule has 0 saturated carbocycles. The van der Waals surface area contributed by atoms with E-state index in [-0.39, 0.29) is 17.1 Å². The fourth-order valence-corrected chi connectivity index (χ4v) is 3.80. The summed E-state index contributed by atoms with van der Waals surface area (Å²) in [6, 6.07) is 9.71. The Morgan fingerprint density at radius 1 is 1.21 bits per heavy atom. The summed E-state index contributed by atoms with van der Waals surface area (Å²) in [5.74, 6) is -0.645. The van der Waals surface area contributed by atoms with Crippen molar-refractivity contribution in [1.82, 2.24) is 5.32 Å². The van der Waals surface area contributed by atoms with Crippen LogP contribution in [-0.4, -0.2) is 18.9 Å². The molecule has 126 valence electrons. The molecular weight excluding hydrogens is 302 g/mol. The summed E-state index contributed by atoms with van der Waals surface area (Å²) in [6.45, 7) is 6.07. The van der Waals surface area contributed by atoms with E-state index in [4.69, 9.17) is 4.74 Å². The van der Waals surface area contributed by atoms with Crippen molar-refractivity contribution in [3.63, 3.8) is 0 Å². The first-order chi connectivity index (χ1) is 11.3. The van der Waals surface area contributed by atoms with Crippen LogP contribution < -0.4 is 5.32 Å². The number of carbonyl (C=O) groups is 2. The molecule has 1 aliphatic carbocycles. The molecule has 2 aliphatic rings. The lowest BCUT2D eigenvalue weighted by molar-refractivity contribution is -0.136. The number of hydrogen-bond donors (Lipinski definition) is 1. The Balaban J connectivity index is 2.19. The second-order valence-corrected chi connectivity index (χ2v) is 7.33. The summed E-state index contributed by atoms with van der Waals surface area (Å²) >= 11 is 0. The van der Waals surface area contributed by atoms with Gasteiger partial charge in [-0.1, -0.05) is 44.2 Å². The molecule has 0 bridgehead atoms. The molecule has 0 radical (unpaired) electrons. The standard InChI is InChI=1S/C20H23NO3/c1-12-16(19(23)24-4)17(13-8-6-5-7-9-13)18-14(21-12)10-20(2,3)11-15(18)22/h5-9,17,21H,10-11H2,1-4H3/t17-/m1/s1. The zero-order valence-corrected chi connectivity index (χ0v) is 14.6. The third-order valence-electron chi connectivity index (χ3n) is 4.78. The molecule has 0 unspecified atom stereocenters. The normalized spacial score (nSPS) is 22.8. The first kappa shape index (κ1) is 16.5. The molecule has 0 amide bonds. The molecule has 1 aromatic rings. The van der Waals surface area contributed by atoms with Gasteiger partial charge in [0.1, 0.15) is 0 Å². The van der Waals surface area contributed by atoms with Crippen LogP contribution in [0.1, 0.15) is 45.1 Å². The average Bonchev–Trinajstić information content (AvgIpc) is 2.52. The topological polar surface area (TPSA) is 55.4 Å². The number of allylic oxidation sites excluding steroid dienone is 3. The summed E-state index contributed by atoms with van der Waals surface area (Å²) in [6.07, 6.45) is 1.29. The molecule has 1 N–H and O–H groups in total. The minimum absolute atomic E-state index is 0.0762. The van der Waals surface area contributed by atoms with Crippen molar-refractivity contribution in [3.8, 4) is 0 Å². The monoisotopic (exact) mass is 325 g/mol. The molecule has 0 fully saturated rings. The quantitative estimate of drug-likeness (QED) is 0.846. The van der Waals surface area contributed by atoms with Gasteiger partial charge in [0.2, 0.25) is 0 Å². The first-order valence-corrected chi connectivity index (χ1v) is 8.21. The largest absolute Gasteiger partial charge is 0.466 e. The Morgan fingerprint density at radius 3 is 2.50 bits per heavy atom. The molecule has 1 atom stereocenters. The lowest BCUT2D eigenvalue weighted by atomic mass is 9.68. The average molecular weight is 325 g/mol. The number of methoxy groups -OCH3 is 1. The number of dihydropyridines is 1. The third-order valence-corrected chi connectivity index (χ3v) is 4.78. The molecule has 1 aliphatic heterocycles. The van der Waals surface area contributed by atoms with Gasteiger partial charge in [0.25, 0.3) is 0 Å². The number of esters is 1. The summed E-state index contributed by atoms with van der Waals surface area (Å²) in [7, 11) is 1.38. The van der Waals surface area contributed by atoms with E-state index in [1.807, 2.05) is 37.3 Å². The lowest BCUT2D eigenvalue weighted by Crippen LogP contribution is -2.38. The molecule has 0 saturated heterocycles. The number of ketones is 1. The molecule has 3 rings (SSSR count). The Bertz CT molecular complexity index is 756. The van der Waals surface area contributed by atoms with Crippen molar-refractivity contribution in [2.75, 3.05) is 7.11 Å². The second-order valence-electron chi connectivity index (χ2n) is 7.33. The lowest BCUT2D eigenvalue weighted by Gasteiger charge is -2.39.